The van der Waals surface area contributed by atoms with E-state index in [9.17, 15) is 4.79 Å². The van der Waals surface area contributed by atoms with Crippen LogP contribution in [0.5, 0.6) is 0 Å². The lowest BCUT2D eigenvalue weighted by molar-refractivity contribution is 0.102. The Kier molecular flexibility index (Phi) is 5.46. The first-order valence-electron chi connectivity index (χ1n) is 11.9. The van der Waals surface area contributed by atoms with Crippen molar-refractivity contribution in [3.8, 4) is 0 Å². The summed E-state index contributed by atoms with van der Waals surface area (Å²) < 4.78 is 7.10. The lowest BCUT2D eigenvalue weighted by Gasteiger charge is -2.31. The van der Waals surface area contributed by atoms with Gasteiger partial charge < -0.3 is 19.9 Å². The molecule has 0 aliphatic carbocycles. The minimum absolute atomic E-state index is 0.218. The van der Waals surface area contributed by atoms with Crippen LogP contribution in [0.4, 0.5) is 17.2 Å². The second-order valence-electron chi connectivity index (χ2n) is 8.78. The van der Waals surface area contributed by atoms with E-state index in [1.807, 2.05) is 6.07 Å². The molecule has 0 atom stereocenters. The normalized spacial score (nSPS) is 16.8. The maximum atomic E-state index is 13.3. The van der Waals surface area contributed by atoms with E-state index in [2.05, 4.69) is 43.4 Å². The first-order chi connectivity index (χ1) is 16.8. The molecular formula is C25H27N7O2. The molecule has 0 unspecified atom stereocenters. The number of morpholine rings is 1. The van der Waals surface area contributed by atoms with Crippen LogP contribution >= 0.6 is 0 Å². The van der Waals surface area contributed by atoms with Gasteiger partial charge in [-0.05, 0) is 49.6 Å². The molecule has 1 N–H and O–H groups in total. The lowest BCUT2D eigenvalue weighted by atomic mass is 10.1. The van der Waals surface area contributed by atoms with Gasteiger partial charge in [-0.1, -0.05) is 0 Å². The van der Waals surface area contributed by atoms with Gasteiger partial charge in [-0.15, -0.1) is 0 Å². The zero-order chi connectivity index (χ0) is 22.9. The standard InChI is InChI=1S/C25H27N7O2/c33-25(19-17-27-32-10-4-7-26-24(19)32)29-21-15-18-5-6-23(31-11-13-34-14-12-31)28-20(18)16-22(21)30-8-2-1-3-9-30/h4-7,10,15-17H,1-3,8-9,11-14H2,(H,29,33). The number of carbonyl (C=O) groups is 1. The second-order valence-corrected chi connectivity index (χ2v) is 8.78. The highest BCUT2D eigenvalue weighted by atomic mass is 16.5. The number of fused-ring (bicyclic) bond motifs is 2. The van der Waals surface area contributed by atoms with Crippen LogP contribution in [0.25, 0.3) is 16.6 Å². The van der Waals surface area contributed by atoms with Crippen LogP contribution in [-0.2, 0) is 4.74 Å². The van der Waals surface area contributed by atoms with Gasteiger partial charge in [-0.3, -0.25) is 4.79 Å². The van der Waals surface area contributed by atoms with E-state index in [4.69, 9.17) is 9.72 Å². The molecule has 9 nitrogen and oxygen atoms in total. The van der Waals surface area contributed by atoms with Crippen molar-refractivity contribution in [2.45, 2.75) is 19.3 Å². The third kappa shape index (κ3) is 3.92. The van der Waals surface area contributed by atoms with Crippen LogP contribution in [0.1, 0.15) is 29.6 Å². The maximum Gasteiger partial charge on any atom is 0.261 e. The Morgan fingerprint density at radius 3 is 2.71 bits per heavy atom. The summed E-state index contributed by atoms with van der Waals surface area (Å²) in [5.74, 6) is 0.749. The fraction of sp³-hybridized carbons (Fsp3) is 0.360. The average molecular weight is 458 g/mol. The molecule has 5 heterocycles. The number of pyridine rings is 1. The zero-order valence-corrected chi connectivity index (χ0v) is 19.0. The Hall–Kier alpha value is -3.72. The molecule has 2 aliphatic heterocycles. The molecule has 1 aromatic carbocycles. The molecule has 9 heteroatoms. The Bertz CT molecular complexity index is 1340. The molecular weight excluding hydrogens is 430 g/mol. The molecule has 2 saturated heterocycles. The largest absolute Gasteiger partial charge is 0.378 e. The van der Waals surface area contributed by atoms with Crippen LogP contribution in [0.2, 0.25) is 0 Å². The number of carbonyl (C=O) groups excluding carboxylic acids is 1. The van der Waals surface area contributed by atoms with Gasteiger partial charge in [0.25, 0.3) is 5.91 Å². The van der Waals surface area contributed by atoms with E-state index in [1.165, 1.54) is 6.42 Å². The number of ether oxygens (including phenoxy) is 1. The highest BCUT2D eigenvalue weighted by Crippen LogP contribution is 2.34. The fourth-order valence-electron chi connectivity index (χ4n) is 4.79. The molecule has 3 aromatic heterocycles. The molecule has 174 valence electrons. The second kappa shape index (κ2) is 8.90. The number of benzene rings is 1. The summed E-state index contributed by atoms with van der Waals surface area (Å²) >= 11 is 0. The molecule has 34 heavy (non-hydrogen) atoms. The number of anilines is 3. The van der Waals surface area contributed by atoms with Crippen molar-refractivity contribution in [1.29, 1.82) is 0 Å². The van der Waals surface area contributed by atoms with Crippen molar-refractivity contribution < 1.29 is 9.53 Å². The fourth-order valence-corrected chi connectivity index (χ4v) is 4.79. The van der Waals surface area contributed by atoms with Crippen molar-refractivity contribution in [3.05, 3.63) is 54.5 Å². The first-order valence-corrected chi connectivity index (χ1v) is 11.9. The topological polar surface area (TPSA) is 87.9 Å². The Morgan fingerprint density at radius 1 is 1.00 bits per heavy atom. The minimum Gasteiger partial charge on any atom is -0.378 e. The minimum atomic E-state index is -0.218. The van der Waals surface area contributed by atoms with Gasteiger partial charge in [-0.2, -0.15) is 5.10 Å². The summed E-state index contributed by atoms with van der Waals surface area (Å²) in [7, 11) is 0. The molecule has 2 fully saturated rings. The Balaban J connectivity index is 1.38. The van der Waals surface area contributed by atoms with Crippen LogP contribution in [-0.4, -0.2) is 64.9 Å². The van der Waals surface area contributed by atoms with E-state index in [-0.39, 0.29) is 5.91 Å². The quantitative estimate of drug-likeness (QED) is 0.503. The number of nitrogens with zero attached hydrogens (tertiary/aromatic N) is 6. The monoisotopic (exact) mass is 457 g/mol. The summed E-state index contributed by atoms with van der Waals surface area (Å²) in [5, 5.41) is 8.39. The van der Waals surface area contributed by atoms with Gasteiger partial charge in [0.05, 0.1) is 36.3 Å². The predicted octanol–water partition coefficient (Wildman–Crippen LogP) is 3.36. The van der Waals surface area contributed by atoms with Crippen molar-refractivity contribution >= 4 is 39.6 Å². The predicted molar refractivity (Wildman–Crippen MR) is 132 cm³/mol. The maximum absolute atomic E-state index is 13.3. The Labute approximate surface area is 197 Å². The van der Waals surface area contributed by atoms with Gasteiger partial charge in [-0.25, -0.2) is 14.5 Å². The van der Waals surface area contributed by atoms with Crippen molar-refractivity contribution in [2.75, 3.05) is 54.5 Å². The number of nitrogens with one attached hydrogen (secondary N) is 1. The van der Waals surface area contributed by atoms with Crippen molar-refractivity contribution in [3.63, 3.8) is 0 Å². The number of hydrogen-bond acceptors (Lipinski definition) is 7. The summed E-state index contributed by atoms with van der Waals surface area (Å²) in [4.78, 5) is 27.2. The van der Waals surface area contributed by atoms with Gasteiger partial charge in [0.15, 0.2) is 5.65 Å². The molecule has 4 aromatic rings. The lowest BCUT2D eigenvalue weighted by Crippen LogP contribution is -2.36. The van der Waals surface area contributed by atoms with Gasteiger partial charge in [0.2, 0.25) is 0 Å². The molecule has 0 bridgehead atoms. The van der Waals surface area contributed by atoms with E-state index in [0.29, 0.717) is 11.2 Å². The van der Waals surface area contributed by atoms with Crippen LogP contribution in [0.15, 0.2) is 48.9 Å². The molecule has 0 spiro atoms. The van der Waals surface area contributed by atoms with Crippen LogP contribution < -0.4 is 15.1 Å². The number of amides is 1. The summed E-state index contributed by atoms with van der Waals surface area (Å²) in [6.45, 7) is 5.08. The summed E-state index contributed by atoms with van der Waals surface area (Å²) in [5.41, 5.74) is 3.72. The van der Waals surface area contributed by atoms with Gasteiger partial charge in [0.1, 0.15) is 11.4 Å². The SMILES string of the molecule is O=C(Nc1cc2ccc(N3CCOCC3)nc2cc1N1CCCCC1)c1cnn2cccnc12. The van der Waals surface area contributed by atoms with Gasteiger partial charge in [0, 0.05) is 44.0 Å². The summed E-state index contributed by atoms with van der Waals surface area (Å²) in [6.07, 6.45) is 8.54. The van der Waals surface area contributed by atoms with Crippen LogP contribution in [0.3, 0.4) is 0 Å². The number of hydrogen-bond donors (Lipinski definition) is 1. The highest BCUT2D eigenvalue weighted by molar-refractivity contribution is 6.10. The molecule has 2 aliphatic rings. The average Bonchev–Trinajstić information content (AvgIpc) is 3.33. The molecule has 6 rings (SSSR count). The van der Waals surface area contributed by atoms with E-state index < -0.39 is 0 Å². The third-order valence-electron chi connectivity index (χ3n) is 6.60. The number of rotatable bonds is 4. The van der Waals surface area contributed by atoms with E-state index >= 15 is 0 Å². The summed E-state index contributed by atoms with van der Waals surface area (Å²) in [6, 6.07) is 10.1. The van der Waals surface area contributed by atoms with E-state index in [0.717, 1.165) is 80.3 Å². The highest BCUT2D eigenvalue weighted by Gasteiger charge is 2.21. The Morgan fingerprint density at radius 2 is 1.85 bits per heavy atom. The number of aromatic nitrogens is 4. The van der Waals surface area contributed by atoms with Crippen molar-refractivity contribution in [1.82, 2.24) is 19.6 Å². The number of piperidine rings is 1. The van der Waals surface area contributed by atoms with E-state index in [1.54, 1.807) is 29.2 Å². The molecule has 0 saturated carbocycles. The molecule has 0 radical (unpaired) electrons. The zero-order valence-electron chi connectivity index (χ0n) is 19.0. The molecule has 1 amide bonds. The third-order valence-corrected chi connectivity index (χ3v) is 6.60. The first kappa shape index (κ1) is 20.9. The van der Waals surface area contributed by atoms with Crippen LogP contribution in [0, 0.1) is 0 Å². The van der Waals surface area contributed by atoms with Crippen molar-refractivity contribution in [2.24, 2.45) is 0 Å². The van der Waals surface area contributed by atoms with Gasteiger partial charge >= 0.3 is 0 Å². The smallest absolute Gasteiger partial charge is 0.261 e.